The van der Waals surface area contributed by atoms with E-state index in [0.29, 0.717) is 0 Å². The van der Waals surface area contributed by atoms with E-state index in [2.05, 4.69) is 0 Å². The molecule has 4 aliphatic rings. The van der Waals surface area contributed by atoms with Crippen molar-refractivity contribution in [1.82, 2.24) is 0 Å². The minimum atomic E-state index is -0.508. The molecule has 106 valence electrons. The highest BCUT2D eigenvalue weighted by Gasteiger charge is 2.54. The van der Waals surface area contributed by atoms with E-state index < -0.39 is 5.97 Å². The Morgan fingerprint density at radius 3 is 1.50 bits per heavy atom. The first-order valence-electron chi connectivity index (χ1n) is 6.55. The maximum Gasteiger partial charge on any atom is 0.309 e. The van der Waals surface area contributed by atoms with Gasteiger partial charge in [-0.15, -0.1) is 12.4 Å². The standard InChI is InChI=1S/C11H16O2.C2H6O2.ClH/c12-10(13)11-4-7-1-8(5-11)3-9(2-7)6-11;3-1-2-4;/h7-9H,1-6H2,(H,12,13);3-4H,1-2H2;1H. The Hall–Kier alpha value is -0.320. The van der Waals surface area contributed by atoms with Gasteiger partial charge in [-0.25, -0.2) is 0 Å². The summed E-state index contributed by atoms with van der Waals surface area (Å²) < 4.78 is 0. The maximum absolute atomic E-state index is 11.3. The highest BCUT2D eigenvalue weighted by atomic mass is 35.5. The SMILES string of the molecule is Cl.O=C(O)C12CC3CC(CC(C3)C1)C2.OCCO. The Morgan fingerprint density at radius 1 is 0.944 bits per heavy atom. The third kappa shape index (κ3) is 2.98. The number of aliphatic hydroxyl groups excluding tert-OH is 2. The van der Waals surface area contributed by atoms with Crippen molar-refractivity contribution < 1.29 is 20.1 Å². The summed E-state index contributed by atoms with van der Waals surface area (Å²) in [6, 6.07) is 0. The first-order valence-corrected chi connectivity index (χ1v) is 6.55. The molecule has 0 amide bonds. The van der Waals surface area contributed by atoms with Crippen LogP contribution >= 0.6 is 12.4 Å². The van der Waals surface area contributed by atoms with Crippen LogP contribution in [0.3, 0.4) is 0 Å². The van der Waals surface area contributed by atoms with Gasteiger partial charge in [0.1, 0.15) is 0 Å². The Balaban J connectivity index is 0.000000289. The molecule has 0 radical (unpaired) electrons. The molecule has 0 spiro atoms. The zero-order valence-electron chi connectivity index (χ0n) is 10.5. The van der Waals surface area contributed by atoms with Gasteiger partial charge in [0.25, 0.3) is 0 Å². The summed E-state index contributed by atoms with van der Waals surface area (Å²) in [5, 5.41) is 24.5. The van der Waals surface area contributed by atoms with E-state index in [1.807, 2.05) is 0 Å². The lowest BCUT2D eigenvalue weighted by Crippen LogP contribution is -2.49. The maximum atomic E-state index is 11.3. The van der Waals surface area contributed by atoms with E-state index in [1.54, 1.807) is 0 Å². The van der Waals surface area contributed by atoms with Crippen molar-refractivity contribution in [3.05, 3.63) is 0 Å². The predicted octanol–water partition coefficient (Wildman–Crippen LogP) is 1.68. The molecule has 0 heterocycles. The van der Waals surface area contributed by atoms with Crippen LogP contribution in [0.1, 0.15) is 38.5 Å². The number of carboxylic acid groups (broad SMARTS) is 1. The van der Waals surface area contributed by atoms with Gasteiger partial charge in [0.2, 0.25) is 0 Å². The topological polar surface area (TPSA) is 77.8 Å². The minimum absolute atomic E-state index is 0. The van der Waals surface area contributed by atoms with Crippen LogP contribution in [0.2, 0.25) is 0 Å². The van der Waals surface area contributed by atoms with Crippen molar-refractivity contribution in [3.63, 3.8) is 0 Å². The number of carboxylic acids is 1. The van der Waals surface area contributed by atoms with Gasteiger partial charge in [-0.2, -0.15) is 0 Å². The van der Waals surface area contributed by atoms with Gasteiger partial charge < -0.3 is 15.3 Å². The van der Waals surface area contributed by atoms with Gasteiger partial charge >= 0.3 is 5.97 Å². The number of rotatable bonds is 2. The van der Waals surface area contributed by atoms with Crippen molar-refractivity contribution >= 4 is 18.4 Å². The fraction of sp³-hybridized carbons (Fsp3) is 0.923. The lowest BCUT2D eigenvalue weighted by molar-refractivity contribution is -0.164. The monoisotopic (exact) mass is 278 g/mol. The number of hydrogen-bond acceptors (Lipinski definition) is 3. The molecule has 3 N–H and O–H groups in total. The molecule has 0 atom stereocenters. The molecule has 18 heavy (non-hydrogen) atoms. The minimum Gasteiger partial charge on any atom is -0.481 e. The van der Waals surface area contributed by atoms with Crippen LogP contribution in [0.15, 0.2) is 0 Å². The van der Waals surface area contributed by atoms with Crippen molar-refractivity contribution in [1.29, 1.82) is 0 Å². The molecule has 4 saturated carbocycles. The Morgan fingerprint density at radius 2 is 1.28 bits per heavy atom. The smallest absolute Gasteiger partial charge is 0.309 e. The summed E-state index contributed by atoms with van der Waals surface area (Å²) in [5.74, 6) is 1.75. The van der Waals surface area contributed by atoms with Crippen molar-refractivity contribution in [3.8, 4) is 0 Å². The van der Waals surface area contributed by atoms with Gasteiger partial charge in [0.15, 0.2) is 0 Å². The summed E-state index contributed by atoms with van der Waals surface area (Å²) >= 11 is 0. The fourth-order valence-electron chi connectivity index (χ4n) is 4.37. The molecule has 0 aromatic heterocycles. The van der Waals surface area contributed by atoms with Crippen LogP contribution in [-0.4, -0.2) is 34.5 Å². The zero-order chi connectivity index (χ0) is 12.5. The number of aliphatic hydroxyl groups is 2. The van der Waals surface area contributed by atoms with Crippen LogP contribution in [0, 0.1) is 23.2 Å². The van der Waals surface area contributed by atoms with Crippen molar-refractivity contribution in [2.45, 2.75) is 38.5 Å². The van der Waals surface area contributed by atoms with Gasteiger partial charge in [-0.05, 0) is 56.3 Å². The molecule has 0 saturated heterocycles. The summed E-state index contributed by atoms with van der Waals surface area (Å²) in [5.41, 5.74) is -0.283. The van der Waals surface area contributed by atoms with Crippen LogP contribution in [0.25, 0.3) is 0 Å². The molecule has 4 fully saturated rings. The second-order valence-electron chi connectivity index (χ2n) is 5.95. The van der Waals surface area contributed by atoms with E-state index in [0.717, 1.165) is 37.0 Å². The molecule has 0 aliphatic heterocycles. The average molecular weight is 279 g/mol. The third-order valence-electron chi connectivity index (χ3n) is 4.59. The molecule has 0 unspecified atom stereocenters. The summed E-state index contributed by atoms with van der Waals surface area (Å²) in [6.45, 7) is -0.250. The van der Waals surface area contributed by atoms with Crippen LogP contribution in [0.5, 0.6) is 0 Å². The number of carbonyl (C=O) groups is 1. The van der Waals surface area contributed by atoms with Gasteiger partial charge in [0.05, 0.1) is 18.6 Å². The van der Waals surface area contributed by atoms with E-state index in [-0.39, 0.29) is 31.0 Å². The molecule has 4 nitrogen and oxygen atoms in total. The molecule has 5 heteroatoms. The van der Waals surface area contributed by atoms with Crippen LogP contribution in [0.4, 0.5) is 0 Å². The number of halogens is 1. The van der Waals surface area contributed by atoms with Crippen LogP contribution in [-0.2, 0) is 4.79 Å². The Labute approximate surface area is 114 Å². The molecular weight excluding hydrogens is 256 g/mol. The first-order chi connectivity index (χ1) is 8.09. The summed E-state index contributed by atoms with van der Waals surface area (Å²) in [6.07, 6.45) is 6.92. The molecule has 4 rings (SSSR count). The zero-order valence-corrected chi connectivity index (χ0v) is 11.4. The fourth-order valence-corrected chi connectivity index (χ4v) is 4.37. The molecule has 0 aromatic carbocycles. The molecule has 4 bridgehead atoms. The average Bonchev–Trinajstić information content (AvgIpc) is 2.27. The summed E-state index contributed by atoms with van der Waals surface area (Å²) in [4.78, 5) is 11.3. The van der Waals surface area contributed by atoms with E-state index in [9.17, 15) is 9.90 Å². The number of hydrogen-bond donors (Lipinski definition) is 3. The molecule has 0 aromatic rings. The van der Waals surface area contributed by atoms with E-state index in [1.165, 1.54) is 19.3 Å². The Bertz CT molecular complexity index is 255. The van der Waals surface area contributed by atoms with Crippen LogP contribution < -0.4 is 0 Å². The van der Waals surface area contributed by atoms with Crippen molar-refractivity contribution in [2.75, 3.05) is 13.2 Å². The van der Waals surface area contributed by atoms with E-state index >= 15 is 0 Å². The van der Waals surface area contributed by atoms with E-state index in [4.69, 9.17) is 10.2 Å². The highest BCUT2D eigenvalue weighted by Crippen LogP contribution is 2.59. The second kappa shape index (κ2) is 6.22. The highest BCUT2D eigenvalue weighted by molar-refractivity contribution is 5.85. The first kappa shape index (κ1) is 15.7. The van der Waals surface area contributed by atoms with Gasteiger partial charge in [0, 0.05) is 0 Å². The Kier molecular flexibility index (Phi) is 5.44. The lowest BCUT2D eigenvalue weighted by atomic mass is 9.49. The predicted molar refractivity (Wildman–Crippen MR) is 69.7 cm³/mol. The number of aliphatic carboxylic acids is 1. The molecular formula is C13H23ClO4. The second-order valence-corrected chi connectivity index (χ2v) is 5.95. The normalized spacial score (nSPS) is 39.6. The lowest BCUT2D eigenvalue weighted by Gasteiger charge is -2.54. The van der Waals surface area contributed by atoms with Crippen molar-refractivity contribution in [2.24, 2.45) is 23.2 Å². The largest absolute Gasteiger partial charge is 0.481 e. The third-order valence-corrected chi connectivity index (χ3v) is 4.59. The summed E-state index contributed by atoms with van der Waals surface area (Å²) in [7, 11) is 0. The quantitative estimate of drug-likeness (QED) is 0.718. The van der Waals surface area contributed by atoms with Gasteiger partial charge in [-0.3, -0.25) is 4.79 Å². The van der Waals surface area contributed by atoms with Gasteiger partial charge in [-0.1, -0.05) is 0 Å². The molecule has 4 aliphatic carbocycles.